The van der Waals surface area contributed by atoms with E-state index in [2.05, 4.69) is 34.2 Å². The Hall–Kier alpha value is -0.310. The fraction of sp³-hybridized carbons (Fsp3) is 0.273. The van der Waals surface area contributed by atoms with Crippen LogP contribution in [0.4, 0.5) is 0 Å². The molecule has 1 N–H and O–H groups in total. The molecule has 1 aromatic rings. The fourth-order valence-corrected chi connectivity index (χ4v) is 1.55. The predicted octanol–water partition coefficient (Wildman–Crippen LogP) is 3.72. The molecule has 0 saturated heterocycles. The quantitative estimate of drug-likeness (QED) is 0.886. The van der Waals surface area contributed by atoms with Crippen LogP contribution in [-0.4, -0.2) is 13.1 Å². The topological polar surface area (TPSA) is 12.0 Å². The van der Waals surface area contributed by atoms with E-state index in [0.717, 1.165) is 15.1 Å². The van der Waals surface area contributed by atoms with Crippen LogP contribution in [0, 0.1) is 0 Å². The van der Waals surface area contributed by atoms with Crippen LogP contribution in [0.2, 0.25) is 5.02 Å². The van der Waals surface area contributed by atoms with Crippen LogP contribution in [-0.2, 0) is 0 Å². The van der Waals surface area contributed by atoms with Crippen LogP contribution in [0.1, 0.15) is 12.5 Å². The van der Waals surface area contributed by atoms with E-state index in [1.807, 2.05) is 31.3 Å². The van der Waals surface area contributed by atoms with E-state index in [-0.39, 0.29) is 0 Å². The molecule has 0 spiro atoms. The first-order chi connectivity index (χ1) is 6.63. The van der Waals surface area contributed by atoms with Gasteiger partial charge >= 0.3 is 0 Å². The molecule has 1 unspecified atom stereocenters. The Labute approximate surface area is 98.3 Å². The van der Waals surface area contributed by atoms with Crippen molar-refractivity contribution < 1.29 is 0 Å². The third kappa shape index (κ3) is 3.45. The number of hydrogen-bond acceptors (Lipinski definition) is 1. The summed E-state index contributed by atoms with van der Waals surface area (Å²) in [7, 11) is 1.93. The lowest BCUT2D eigenvalue weighted by atomic mass is 10.2. The molecule has 0 aliphatic rings. The van der Waals surface area contributed by atoms with Gasteiger partial charge in [-0.15, -0.1) is 0 Å². The third-order valence-corrected chi connectivity index (χ3v) is 2.82. The average Bonchev–Trinajstić information content (AvgIpc) is 2.19. The molecule has 3 heteroatoms. The van der Waals surface area contributed by atoms with Gasteiger partial charge in [0.1, 0.15) is 0 Å². The summed E-state index contributed by atoms with van der Waals surface area (Å²) in [6.45, 7) is 2.09. The predicted molar refractivity (Wildman–Crippen MR) is 66.7 cm³/mol. The molecule has 0 radical (unpaired) electrons. The van der Waals surface area contributed by atoms with Gasteiger partial charge < -0.3 is 5.32 Å². The minimum absolute atomic E-state index is 0.352. The Morgan fingerprint density at radius 3 is 2.86 bits per heavy atom. The highest BCUT2D eigenvalue weighted by Crippen LogP contribution is 2.22. The minimum atomic E-state index is 0.352. The average molecular weight is 275 g/mol. The van der Waals surface area contributed by atoms with Gasteiger partial charge in [0.25, 0.3) is 0 Å². The summed E-state index contributed by atoms with van der Waals surface area (Å²) in [4.78, 5) is 0. The van der Waals surface area contributed by atoms with Gasteiger partial charge in [0.05, 0.1) is 0 Å². The van der Waals surface area contributed by atoms with Crippen LogP contribution in [0.5, 0.6) is 0 Å². The molecule has 14 heavy (non-hydrogen) atoms. The van der Waals surface area contributed by atoms with Gasteiger partial charge in [-0.3, -0.25) is 0 Å². The monoisotopic (exact) mass is 273 g/mol. The summed E-state index contributed by atoms with van der Waals surface area (Å²) in [5.74, 6) is 0. The number of rotatable bonds is 3. The zero-order valence-electron chi connectivity index (χ0n) is 8.22. The van der Waals surface area contributed by atoms with E-state index in [4.69, 9.17) is 11.6 Å². The molecule has 0 aliphatic heterocycles. The van der Waals surface area contributed by atoms with E-state index >= 15 is 0 Å². The molecule has 0 saturated carbocycles. The molecular weight excluding hydrogens is 261 g/mol. The van der Waals surface area contributed by atoms with E-state index in [9.17, 15) is 0 Å². The Kier molecular flexibility index (Phi) is 4.66. The molecule has 1 atom stereocenters. The summed E-state index contributed by atoms with van der Waals surface area (Å²) in [6, 6.07) is 6.17. The summed E-state index contributed by atoms with van der Waals surface area (Å²) in [6.07, 6.45) is 4.10. The fourth-order valence-electron chi connectivity index (χ4n) is 0.987. The second kappa shape index (κ2) is 5.54. The van der Waals surface area contributed by atoms with Crippen molar-refractivity contribution in [2.75, 3.05) is 7.05 Å². The maximum atomic E-state index is 6.03. The molecule has 0 bridgehead atoms. The Morgan fingerprint density at radius 1 is 1.50 bits per heavy atom. The molecule has 1 rings (SSSR count). The first kappa shape index (κ1) is 11.8. The van der Waals surface area contributed by atoms with Crippen molar-refractivity contribution in [1.82, 2.24) is 5.32 Å². The minimum Gasteiger partial charge on any atom is -0.314 e. The standard InChI is InChI=1S/C11H13BrClN/c1-8(14-2)3-4-9-7-10(12)5-6-11(9)13/h3-8,14H,1-2H3/b4-3+. The van der Waals surface area contributed by atoms with Gasteiger partial charge in [0.15, 0.2) is 0 Å². The maximum Gasteiger partial charge on any atom is 0.0479 e. The summed E-state index contributed by atoms with van der Waals surface area (Å²) < 4.78 is 1.04. The normalized spacial score (nSPS) is 13.4. The molecule has 0 aromatic heterocycles. The van der Waals surface area contributed by atoms with Gasteiger partial charge in [-0.1, -0.05) is 39.7 Å². The highest BCUT2D eigenvalue weighted by atomic mass is 79.9. The van der Waals surface area contributed by atoms with Gasteiger partial charge in [0, 0.05) is 15.5 Å². The van der Waals surface area contributed by atoms with Crippen molar-refractivity contribution in [2.45, 2.75) is 13.0 Å². The molecular formula is C11H13BrClN. The summed E-state index contributed by atoms with van der Waals surface area (Å²) >= 11 is 9.44. The molecule has 0 aliphatic carbocycles. The molecule has 0 fully saturated rings. The summed E-state index contributed by atoms with van der Waals surface area (Å²) in [5, 5.41) is 3.90. The van der Waals surface area contributed by atoms with Crippen LogP contribution in [0.3, 0.4) is 0 Å². The van der Waals surface area contributed by atoms with Crippen LogP contribution in [0.25, 0.3) is 6.08 Å². The van der Waals surface area contributed by atoms with Crippen molar-refractivity contribution >= 4 is 33.6 Å². The summed E-state index contributed by atoms with van der Waals surface area (Å²) in [5.41, 5.74) is 1.03. The Bertz CT molecular complexity index is 336. The van der Waals surface area contributed by atoms with Gasteiger partial charge in [-0.05, 0) is 37.7 Å². The SMILES string of the molecule is CNC(C)/C=C/c1cc(Br)ccc1Cl. The van der Waals surface area contributed by atoms with Crippen molar-refractivity contribution in [1.29, 1.82) is 0 Å². The van der Waals surface area contributed by atoms with Gasteiger partial charge in [-0.2, -0.15) is 0 Å². The van der Waals surface area contributed by atoms with Gasteiger partial charge in [0.2, 0.25) is 0 Å². The third-order valence-electron chi connectivity index (χ3n) is 1.98. The highest BCUT2D eigenvalue weighted by molar-refractivity contribution is 9.10. The Morgan fingerprint density at radius 2 is 2.21 bits per heavy atom. The zero-order chi connectivity index (χ0) is 10.6. The zero-order valence-corrected chi connectivity index (χ0v) is 10.6. The number of likely N-dealkylation sites (N-methyl/N-ethyl adjacent to an activating group) is 1. The smallest absolute Gasteiger partial charge is 0.0479 e. The van der Waals surface area contributed by atoms with Crippen LogP contribution >= 0.6 is 27.5 Å². The van der Waals surface area contributed by atoms with E-state index in [1.54, 1.807) is 0 Å². The first-order valence-corrected chi connectivity index (χ1v) is 5.61. The highest BCUT2D eigenvalue weighted by Gasteiger charge is 1.97. The van der Waals surface area contributed by atoms with Crippen molar-refractivity contribution in [3.05, 3.63) is 39.3 Å². The maximum absolute atomic E-state index is 6.03. The largest absolute Gasteiger partial charge is 0.314 e. The number of nitrogens with one attached hydrogen (secondary N) is 1. The van der Waals surface area contributed by atoms with Crippen LogP contribution in [0.15, 0.2) is 28.7 Å². The van der Waals surface area contributed by atoms with Crippen molar-refractivity contribution in [2.24, 2.45) is 0 Å². The lowest BCUT2D eigenvalue weighted by molar-refractivity contribution is 0.731. The number of hydrogen-bond donors (Lipinski definition) is 1. The number of benzene rings is 1. The molecule has 1 nitrogen and oxygen atoms in total. The van der Waals surface area contributed by atoms with E-state index in [1.165, 1.54) is 0 Å². The number of halogens is 2. The van der Waals surface area contributed by atoms with E-state index < -0.39 is 0 Å². The molecule has 1 aromatic carbocycles. The van der Waals surface area contributed by atoms with Crippen molar-refractivity contribution in [3.63, 3.8) is 0 Å². The van der Waals surface area contributed by atoms with Crippen molar-refractivity contribution in [3.8, 4) is 0 Å². The lowest BCUT2D eigenvalue weighted by Crippen LogP contribution is -2.17. The molecule has 0 amide bonds. The van der Waals surface area contributed by atoms with Gasteiger partial charge in [-0.25, -0.2) is 0 Å². The second-order valence-corrected chi connectivity index (χ2v) is 4.43. The Balaban J connectivity index is 2.85. The lowest BCUT2D eigenvalue weighted by Gasteiger charge is -2.03. The first-order valence-electron chi connectivity index (χ1n) is 4.44. The molecule has 0 heterocycles. The second-order valence-electron chi connectivity index (χ2n) is 3.10. The van der Waals surface area contributed by atoms with E-state index in [0.29, 0.717) is 6.04 Å². The molecule has 76 valence electrons. The van der Waals surface area contributed by atoms with Crippen LogP contribution < -0.4 is 5.32 Å².